The molecule has 0 bridgehead atoms. The van der Waals surface area contributed by atoms with Gasteiger partial charge in [0.2, 0.25) is 0 Å². The Balaban J connectivity index is 1.63. The van der Waals surface area contributed by atoms with E-state index in [9.17, 15) is 0 Å². The van der Waals surface area contributed by atoms with Gasteiger partial charge in [-0.2, -0.15) is 0 Å². The number of ether oxygens (including phenoxy) is 1. The molecule has 1 aliphatic carbocycles. The zero-order valence-electron chi connectivity index (χ0n) is 10.8. The second kappa shape index (κ2) is 4.48. The van der Waals surface area contributed by atoms with Crippen LogP contribution in [0.5, 0.6) is 0 Å². The summed E-state index contributed by atoms with van der Waals surface area (Å²) in [5.74, 6) is 0.581. The Hall–Kier alpha value is -1.64. The van der Waals surface area contributed by atoms with Crippen LogP contribution >= 0.6 is 0 Å². The van der Waals surface area contributed by atoms with Gasteiger partial charge in [0.05, 0.1) is 6.61 Å². The van der Waals surface area contributed by atoms with Crippen molar-refractivity contribution in [1.82, 2.24) is 5.32 Å². The fourth-order valence-electron chi connectivity index (χ4n) is 3.31. The van der Waals surface area contributed by atoms with Gasteiger partial charge in [-0.25, -0.2) is 0 Å². The summed E-state index contributed by atoms with van der Waals surface area (Å²) in [5.41, 5.74) is 4.14. The average Bonchev–Trinajstić information content (AvgIpc) is 2.86. The molecule has 4 rings (SSSR count). The second-order valence-corrected chi connectivity index (χ2v) is 5.43. The van der Waals surface area contributed by atoms with Crippen molar-refractivity contribution in [2.24, 2.45) is 5.92 Å². The average molecular weight is 251 g/mol. The topological polar surface area (TPSA) is 21.3 Å². The first kappa shape index (κ1) is 11.2. The summed E-state index contributed by atoms with van der Waals surface area (Å²) in [6.07, 6.45) is 1.16. The Labute approximate surface area is 113 Å². The van der Waals surface area contributed by atoms with Gasteiger partial charge in [0.15, 0.2) is 0 Å². The highest BCUT2D eigenvalue weighted by Gasteiger charge is 2.37. The zero-order valence-corrected chi connectivity index (χ0v) is 10.8. The highest BCUT2D eigenvalue weighted by atomic mass is 16.5. The van der Waals surface area contributed by atoms with Crippen molar-refractivity contribution in [2.45, 2.75) is 18.7 Å². The molecule has 2 aliphatic rings. The summed E-state index contributed by atoms with van der Waals surface area (Å²) in [5, 5.41) is 3.67. The normalized spacial score (nSPS) is 28.7. The summed E-state index contributed by atoms with van der Waals surface area (Å²) in [6, 6.07) is 19.6. The molecule has 2 aromatic carbocycles. The minimum atomic E-state index is 0.0219. The molecule has 0 aromatic heterocycles. The van der Waals surface area contributed by atoms with Gasteiger partial charge >= 0.3 is 0 Å². The molecule has 96 valence electrons. The number of benzene rings is 2. The number of fused-ring (bicyclic) bond motifs is 3. The molecule has 1 fully saturated rings. The van der Waals surface area contributed by atoms with Gasteiger partial charge in [0.1, 0.15) is 6.23 Å². The number of rotatable bonds is 1. The highest BCUT2D eigenvalue weighted by molar-refractivity contribution is 5.36. The highest BCUT2D eigenvalue weighted by Crippen LogP contribution is 2.41. The van der Waals surface area contributed by atoms with Gasteiger partial charge in [0.25, 0.3) is 0 Å². The van der Waals surface area contributed by atoms with Gasteiger partial charge in [0, 0.05) is 12.0 Å². The quantitative estimate of drug-likeness (QED) is 0.840. The van der Waals surface area contributed by atoms with Crippen molar-refractivity contribution in [3.8, 4) is 0 Å². The molecule has 1 heterocycles. The molecular formula is C17H17NO. The van der Waals surface area contributed by atoms with Crippen LogP contribution in [0.2, 0.25) is 0 Å². The fraction of sp³-hybridized carbons (Fsp3) is 0.294. The van der Waals surface area contributed by atoms with Crippen LogP contribution in [0.15, 0.2) is 54.6 Å². The first-order valence-corrected chi connectivity index (χ1v) is 6.92. The van der Waals surface area contributed by atoms with E-state index in [0.29, 0.717) is 12.0 Å². The summed E-state index contributed by atoms with van der Waals surface area (Å²) < 4.78 is 6.00. The molecule has 2 nitrogen and oxygen atoms in total. The third-order valence-corrected chi connectivity index (χ3v) is 4.25. The maximum absolute atomic E-state index is 6.00. The van der Waals surface area contributed by atoms with E-state index in [1.807, 2.05) is 6.07 Å². The van der Waals surface area contributed by atoms with Gasteiger partial charge in [-0.3, -0.25) is 5.32 Å². The van der Waals surface area contributed by atoms with Crippen LogP contribution in [-0.4, -0.2) is 6.61 Å². The van der Waals surface area contributed by atoms with Crippen LogP contribution in [-0.2, 0) is 11.2 Å². The number of hydrogen-bond donors (Lipinski definition) is 1. The summed E-state index contributed by atoms with van der Waals surface area (Å²) in [4.78, 5) is 0. The molecule has 19 heavy (non-hydrogen) atoms. The predicted molar refractivity (Wildman–Crippen MR) is 74.6 cm³/mol. The van der Waals surface area contributed by atoms with Crippen LogP contribution in [0.1, 0.15) is 29.0 Å². The van der Waals surface area contributed by atoms with Crippen molar-refractivity contribution in [3.05, 3.63) is 71.3 Å². The molecule has 0 saturated carbocycles. The lowest BCUT2D eigenvalue weighted by atomic mass is 9.98. The van der Waals surface area contributed by atoms with Gasteiger partial charge in [-0.15, -0.1) is 0 Å². The van der Waals surface area contributed by atoms with Crippen LogP contribution in [0.4, 0.5) is 0 Å². The predicted octanol–water partition coefficient (Wildman–Crippen LogP) is 3.22. The van der Waals surface area contributed by atoms with Gasteiger partial charge in [-0.1, -0.05) is 54.6 Å². The van der Waals surface area contributed by atoms with Crippen molar-refractivity contribution >= 4 is 0 Å². The van der Waals surface area contributed by atoms with E-state index in [1.54, 1.807) is 0 Å². The molecule has 0 radical (unpaired) electrons. The van der Waals surface area contributed by atoms with Crippen molar-refractivity contribution in [3.63, 3.8) is 0 Å². The monoisotopic (exact) mass is 251 g/mol. The molecule has 0 amide bonds. The third-order valence-electron chi connectivity index (χ3n) is 4.25. The Kier molecular flexibility index (Phi) is 2.64. The van der Waals surface area contributed by atoms with Crippen molar-refractivity contribution < 1.29 is 4.74 Å². The molecule has 2 heteroatoms. The summed E-state index contributed by atoms with van der Waals surface area (Å²) in [7, 11) is 0. The van der Waals surface area contributed by atoms with E-state index in [1.165, 1.54) is 16.7 Å². The lowest BCUT2D eigenvalue weighted by Crippen LogP contribution is -2.39. The third kappa shape index (κ3) is 1.88. The molecule has 2 aromatic rings. The fourth-order valence-corrected chi connectivity index (χ4v) is 3.31. The smallest absolute Gasteiger partial charge is 0.134 e. The van der Waals surface area contributed by atoms with Crippen molar-refractivity contribution in [2.75, 3.05) is 6.61 Å². The first-order chi connectivity index (χ1) is 9.42. The molecule has 1 saturated heterocycles. The van der Waals surface area contributed by atoms with Crippen molar-refractivity contribution in [1.29, 1.82) is 0 Å². The summed E-state index contributed by atoms with van der Waals surface area (Å²) >= 11 is 0. The second-order valence-electron chi connectivity index (χ2n) is 5.43. The van der Waals surface area contributed by atoms with Crippen LogP contribution in [0.25, 0.3) is 0 Å². The van der Waals surface area contributed by atoms with Gasteiger partial charge < -0.3 is 4.74 Å². The van der Waals surface area contributed by atoms with Crippen LogP contribution in [0, 0.1) is 5.92 Å². The Morgan fingerprint density at radius 1 is 0.947 bits per heavy atom. The lowest BCUT2D eigenvalue weighted by molar-refractivity contribution is -0.0494. The van der Waals surface area contributed by atoms with E-state index in [2.05, 4.69) is 53.8 Å². The largest absolute Gasteiger partial charge is 0.359 e. The molecule has 1 aliphatic heterocycles. The van der Waals surface area contributed by atoms with E-state index in [0.717, 1.165) is 13.0 Å². The Morgan fingerprint density at radius 2 is 1.74 bits per heavy atom. The van der Waals surface area contributed by atoms with E-state index in [-0.39, 0.29) is 6.23 Å². The Morgan fingerprint density at radius 3 is 2.63 bits per heavy atom. The van der Waals surface area contributed by atoms with Crippen LogP contribution in [0.3, 0.4) is 0 Å². The number of nitrogens with one attached hydrogen (secondary N) is 1. The molecule has 1 N–H and O–H groups in total. The molecule has 3 atom stereocenters. The maximum atomic E-state index is 6.00. The minimum Gasteiger partial charge on any atom is -0.359 e. The Bertz CT molecular complexity index is 581. The van der Waals surface area contributed by atoms with Gasteiger partial charge in [-0.05, 0) is 23.1 Å². The van der Waals surface area contributed by atoms with E-state index in [4.69, 9.17) is 4.74 Å². The van der Waals surface area contributed by atoms with Crippen LogP contribution < -0.4 is 5.32 Å². The zero-order chi connectivity index (χ0) is 12.7. The first-order valence-electron chi connectivity index (χ1n) is 6.92. The minimum absolute atomic E-state index is 0.0219. The maximum Gasteiger partial charge on any atom is 0.134 e. The SMILES string of the molecule is c1ccc([C@@H]2N[C@@H]3c4ccccc4C[C@@H]3CO2)cc1. The summed E-state index contributed by atoms with van der Waals surface area (Å²) in [6.45, 7) is 0.839. The molecule has 0 spiro atoms. The number of hydrogen-bond acceptors (Lipinski definition) is 2. The molecule has 0 unspecified atom stereocenters. The van der Waals surface area contributed by atoms with E-state index >= 15 is 0 Å². The standard InChI is InChI=1S/C17H17NO/c1-2-6-12(7-3-1)17-18-16-14(11-19-17)10-13-8-4-5-9-15(13)16/h1-9,14,16-18H,10-11H2/t14-,16+,17-/m1/s1. The lowest BCUT2D eigenvalue weighted by Gasteiger charge is -2.34. The van der Waals surface area contributed by atoms with E-state index < -0.39 is 0 Å². The molecular weight excluding hydrogens is 234 g/mol.